The van der Waals surface area contributed by atoms with Crippen molar-refractivity contribution in [2.45, 2.75) is 6.61 Å². The van der Waals surface area contributed by atoms with Gasteiger partial charge in [0.15, 0.2) is 0 Å². The van der Waals surface area contributed by atoms with Gasteiger partial charge in [-0.15, -0.1) is 6.42 Å². The number of terminal acetylenes is 1. The van der Waals surface area contributed by atoms with Gasteiger partial charge in [-0.05, 0) is 65.1 Å². The zero-order valence-corrected chi connectivity index (χ0v) is 18.4. The number of hydrogen-bond donors (Lipinski definition) is 1. The van der Waals surface area contributed by atoms with E-state index in [1.54, 1.807) is 7.11 Å². The van der Waals surface area contributed by atoms with Crippen LogP contribution >= 0.6 is 0 Å². The monoisotopic (exact) mass is 478 g/mol. The Labute approximate surface area is 234 Å². The van der Waals surface area contributed by atoms with Gasteiger partial charge in [-0.2, -0.15) is 0 Å². The molecule has 1 aromatic rings. The van der Waals surface area contributed by atoms with Crippen LogP contribution in [0.25, 0.3) is 0 Å². The lowest BCUT2D eigenvalue weighted by molar-refractivity contribution is 0.281. The third-order valence-corrected chi connectivity index (χ3v) is 2.69. The standard InChI is InChI=1S/C23H4O.C8H10O2.22H2/c1-3-4-5-6-7-8-9-10-11-12-13-14-15-16-17-18-19-20-21-22-23-24-2;1-10-8-4-2-7(6-9)3-5-8;;;;;;;;;;;;;;;;;;;;;;/h1H,2H3;2-5,9H,6H2,1H3;22*1H. The smallest absolute Gasteiger partial charge is 0.124 e. The van der Waals surface area contributed by atoms with E-state index < -0.39 is 0 Å². The fourth-order valence-corrected chi connectivity index (χ4v) is 1.37. The van der Waals surface area contributed by atoms with E-state index in [-0.39, 0.29) is 38.0 Å². The highest BCUT2D eigenvalue weighted by Gasteiger charge is 1.89. The lowest BCUT2D eigenvalue weighted by Gasteiger charge is -1.98. The first-order chi connectivity index (χ1) is 16.8. The van der Waals surface area contributed by atoms with Crippen molar-refractivity contribution in [3.05, 3.63) is 29.8 Å². The molecule has 1 N–H and O–H groups in total. The summed E-state index contributed by atoms with van der Waals surface area (Å²) in [7, 11) is 3.06. The Bertz CT molecular complexity index is 1530. The van der Waals surface area contributed by atoms with Crippen molar-refractivity contribution in [3.8, 4) is 137 Å². The van der Waals surface area contributed by atoms with E-state index in [1.807, 2.05) is 24.3 Å². The van der Waals surface area contributed by atoms with Crippen LogP contribution < -0.4 is 4.74 Å². The molecule has 0 heterocycles. The summed E-state index contributed by atoms with van der Waals surface area (Å²) in [5, 5.41) is 8.66. The molecule has 1 aromatic carbocycles. The van der Waals surface area contributed by atoms with Crippen LogP contribution in [0.5, 0.6) is 5.75 Å². The number of aliphatic hydroxyl groups is 1. The lowest BCUT2D eigenvalue weighted by Crippen LogP contribution is -1.84. The van der Waals surface area contributed by atoms with Crippen molar-refractivity contribution in [1.82, 2.24) is 0 Å². The van der Waals surface area contributed by atoms with Gasteiger partial charge in [0.2, 0.25) is 0 Å². The fourth-order valence-electron chi connectivity index (χ4n) is 1.37. The van der Waals surface area contributed by atoms with Crippen LogP contribution in [0.4, 0.5) is 0 Å². The highest BCUT2D eigenvalue weighted by atomic mass is 16.5. The van der Waals surface area contributed by atoms with Gasteiger partial charge in [-0.3, -0.25) is 0 Å². The van der Waals surface area contributed by atoms with Gasteiger partial charge in [0.25, 0.3) is 0 Å². The summed E-state index contributed by atoms with van der Waals surface area (Å²) < 4.78 is 9.41. The van der Waals surface area contributed by atoms with Crippen LogP contribution in [-0.4, -0.2) is 19.3 Å². The summed E-state index contributed by atoms with van der Waals surface area (Å²) in [4.78, 5) is 0. The maximum atomic E-state index is 8.66. The van der Waals surface area contributed by atoms with Gasteiger partial charge < -0.3 is 14.6 Å². The van der Waals surface area contributed by atoms with Gasteiger partial charge in [0.05, 0.1) is 20.8 Å². The molecule has 0 spiro atoms. The number of ether oxygens (including phenoxy) is 2. The molecule has 0 amide bonds. The minimum absolute atomic E-state index is 0. The molecular weight excluding hydrogens is 420 g/mol. The van der Waals surface area contributed by atoms with Gasteiger partial charge in [0, 0.05) is 102 Å². The molecule has 34 heavy (non-hydrogen) atoms. The van der Waals surface area contributed by atoms with Gasteiger partial charge in [-0.25, -0.2) is 0 Å². The summed E-state index contributed by atoms with van der Waals surface area (Å²) in [5.41, 5.74) is 0.904. The fraction of sp³-hybridized carbons (Fsp3) is 0.0968. The highest BCUT2D eigenvalue weighted by Crippen LogP contribution is 2.10. The predicted octanol–water partition coefficient (Wildman–Crippen LogP) is 6.86. The van der Waals surface area contributed by atoms with Crippen molar-refractivity contribution >= 4 is 0 Å². The van der Waals surface area contributed by atoms with E-state index >= 15 is 0 Å². The average molecular weight is 479 g/mol. The molecule has 0 aliphatic heterocycles. The Kier molecular flexibility index (Phi) is 19.1. The van der Waals surface area contributed by atoms with Gasteiger partial charge in [-0.1, -0.05) is 12.1 Å². The van der Waals surface area contributed by atoms with E-state index in [9.17, 15) is 0 Å². The Morgan fingerprint density at radius 2 is 0.971 bits per heavy atom. The molecule has 0 saturated carbocycles. The summed E-state index contributed by atoms with van der Waals surface area (Å²) in [6.45, 7) is 0.0873. The Hall–Kier alpha value is -6.06. The quantitative estimate of drug-likeness (QED) is 0.472. The Balaban J connectivity index is -0.0000000147. The first-order valence-electron chi connectivity index (χ1n) is 9.00. The molecule has 200 valence electrons. The van der Waals surface area contributed by atoms with Crippen molar-refractivity contribution in [3.63, 3.8) is 0 Å². The van der Waals surface area contributed by atoms with Crippen molar-refractivity contribution in [1.29, 1.82) is 0 Å². The molecule has 0 unspecified atom stereocenters. The maximum Gasteiger partial charge on any atom is 0.124 e. The SMILES string of the molecule is C#CC#CC#CC#CC#CC#CC#CC#CC#CC#CC#COC.COc1ccc(CO)cc1.[HH].[HH].[HH].[HH].[HH].[HH].[HH].[HH].[HH].[HH].[HH].[HH].[HH].[HH].[HH].[HH].[HH].[HH].[HH].[HH].[HH].[HH]. The summed E-state index contributed by atoms with van der Waals surface area (Å²) in [5.74, 6) is 49.7. The van der Waals surface area contributed by atoms with Crippen molar-refractivity contribution in [2.75, 3.05) is 14.2 Å². The molecule has 3 nitrogen and oxygen atoms in total. The van der Waals surface area contributed by atoms with Crippen LogP contribution in [0.2, 0.25) is 0 Å². The second-order valence-corrected chi connectivity index (χ2v) is 4.83. The van der Waals surface area contributed by atoms with Crippen LogP contribution in [0.3, 0.4) is 0 Å². The van der Waals surface area contributed by atoms with Crippen LogP contribution in [0.15, 0.2) is 24.3 Å². The molecule has 1 rings (SSSR count). The number of rotatable bonds is 2. The first-order valence-corrected chi connectivity index (χ1v) is 9.00. The third kappa shape index (κ3) is 19.3. The predicted molar refractivity (Wildman–Crippen MR) is 179 cm³/mol. The topological polar surface area (TPSA) is 38.7 Å². The average Bonchev–Trinajstić information content (AvgIpc) is 2.88. The molecule has 0 aliphatic carbocycles. The molecule has 0 aliphatic rings. The molecule has 0 radical (unpaired) electrons. The molecule has 0 fully saturated rings. The van der Waals surface area contributed by atoms with Gasteiger partial charge in [0.1, 0.15) is 11.9 Å². The zero-order valence-electron chi connectivity index (χ0n) is 18.4. The van der Waals surface area contributed by atoms with E-state index in [2.05, 4.69) is 129 Å². The van der Waals surface area contributed by atoms with Crippen molar-refractivity contribution < 1.29 is 46.0 Å². The molecule has 0 atom stereocenters. The number of hydrogen-bond acceptors (Lipinski definition) is 3. The second-order valence-electron chi connectivity index (χ2n) is 4.83. The lowest BCUT2D eigenvalue weighted by atomic mass is 10.2. The van der Waals surface area contributed by atoms with Crippen LogP contribution in [0, 0.1) is 131 Å². The largest absolute Gasteiger partial charge is 0.497 e. The van der Waals surface area contributed by atoms with Crippen LogP contribution in [0.1, 0.15) is 36.9 Å². The van der Waals surface area contributed by atoms with E-state index in [1.165, 1.54) is 7.11 Å². The Morgan fingerprint density at radius 1 is 0.618 bits per heavy atom. The summed E-state index contributed by atoms with van der Waals surface area (Å²) >= 11 is 0. The third-order valence-electron chi connectivity index (χ3n) is 2.69. The maximum absolute atomic E-state index is 8.66. The minimum Gasteiger partial charge on any atom is -0.497 e. The molecule has 0 saturated heterocycles. The number of benzene rings is 1. The van der Waals surface area contributed by atoms with E-state index in [4.69, 9.17) is 16.3 Å². The Morgan fingerprint density at radius 3 is 1.26 bits per heavy atom. The highest BCUT2D eigenvalue weighted by molar-refractivity contribution is 5.47. The van der Waals surface area contributed by atoms with E-state index in [0.717, 1.165) is 11.3 Å². The first kappa shape index (κ1) is 27.9. The zero-order chi connectivity index (χ0) is 25.0. The molecule has 3 heteroatoms. The van der Waals surface area contributed by atoms with Gasteiger partial charge >= 0.3 is 0 Å². The van der Waals surface area contributed by atoms with E-state index in [0.29, 0.717) is 0 Å². The summed E-state index contributed by atoms with van der Waals surface area (Å²) in [6, 6.07) is 7.31. The van der Waals surface area contributed by atoms with Crippen LogP contribution in [-0.2, 0) is 11.3 Å². The minimum atomic E-state index is 0. The second kappa shape index (κ2) is 23.2. The molecule has 0 bridgehead atoms. The number of aliphatic hydroxyl groups excluding tert-OH is 1. The normalized spacial score (nSPS) is 5.59. The number of methoxy groups -OCH3 is 2. The summed E-state index contributed by atoms with van der Waals surface area (Å²) in [6.07, 6.45) is 7.21. The molecular formula is C31H58O3. The van der Waals surface area contributed by atoms with Crippen molar-refractivity contribution in [2.24, 2.45) is 0 Å². The molecule has 0 aromatic heterocycles.